The van der Waals surface area contributed by atoms with Crippen molar-refractivity contribution in [1.29, 1.82) is 0 Å². The molecule has 0 atom stereocenters. The van der Waals surface area contributed by atoms with Crippen LogP contribution >= 0.6 is 0 Å². The summed E-state index contributed by atoms with van der Waals surface area (Å²) in [5.41, 5.74) is 2.33. The van der Waals surface area contributed by atoms with Crippen molar-refractivity contribution >= 4 is 16.7 Å². The average molecular weight is 305 g/mol. The van der Waals surface area contributed by atoms with Gasteiger partial charge in [0.1, 0.15) is 5.82 Å². The van der Waals surface area contributed by atoms with Crippen molar-refractivity contribution in [3.05, 3.63) is 60.7 Å². The maximum absolute atomic E-state index is 4.55. The number of para-hydroxylation sites is 1. The van der Waals surface area contributed by atoms with Crippen LogP contribution in [-0.2, 0) is 6.54 Å². The van der Waals surface area contributed by atoms with E-state index < -0.39 is 0 Å². The van der Waals surface area contributed by atoms with E-state index in [2.05, 4.69) is 49.0 Å². The van der Waals surface area contributed by atoms with Crippen molar-refractivity contribution < 1.29 is 0 Å². The molecular weight excluding hydrogens is 286 g/mol. The molecule has 0 bridgehead atoms. The van der Waals surface area contributed by atoms with Crippen molar-refractivity contribution in [3.8, 4) is 0 Å². The monoisotopic (exact) mass is 305 g/mol. The fraction of sp³-hybridized carbons (Fsp3) is 0.278. The van der Waals surface area contributed by atoms with Gasteiger partial charge in [0.15, 0.2) is 0 Å². The first-order valence-corrected chi connectivity index (χ1v) is 7.95. The Balaban J connectivity index is 1.40. The van der Waals surface area contributed by atoms with Crippen molar-refractivity contribution in [3.63, 3.8) is 0 Å². The number of aromatic nitrogens is 3. The van der Waals surface area contributed by atoms with E-state index in [0.29, 0.717) is 0 Å². The number of rotatable bonds is 3. The van der Waals surface area contributed by atoms with Gasteiger partial charge < -0.3 is 4.90 Å². The molecule has 23 heavy (non-hydrogen) atoms. The van der Waals surface area contributed by atoms with Gasteiger partial charge in [0.25, 0.3) is 0 Å². The van der Waals surface area contributed by atoms with E-state index in [1.165, 1.54) is 10.9 Å². The molecule has 0 amide bonds. The van der Waals surface area contributed by atoms with Crippen LogP contribution in [0, 0.1) is 0 Å². The zero-order valence-corrected chi connectivity index (χ0v) is 13.0. The first kappa shape index (κ1) is 14.1. The molecule has 0 N–H and O–H groups in total. The van der Waals surface area contributed by atoms with E-state index in [4.69, 9.17) is 0 Å². The van der Waals surface area contributed by atoms with E-state index in [9.17, 15) is 0 Å². The molecule has 0 radical (unpaired) electrons. The molecule has 3 aromatic rings. The molecule has 3 heterocycles. The fourth-order valence-electron chi connectivity index (χ4n) is 3.05. The predicted octanol–water partition coefficient (Wildman–Crippen LogP) is 2.35. The SMILES string of the molecule is c1ccc2ncc(CN3CCN(c4cnccn4)CC3)cc2c1. The van der Waals surface area contributed by atoms with Gasteiger partial charge in [-0.3, -0.25) is 14.9 Å². The number of anilines is 1. The van der Waals surface area contributed by atoms with E-state index in [0.717, 1.165) is 44.1 Å². The van der Waals surface area contributed by atoms with E-state index in [1.807, 2.05) is 18.5 Å². The van der Waals surface area contributed by atoms with Gasteiger partial charge in [-0.1, -0.05) is 18.2 Å². The average Bonchev–Trinajstić information content (AvgIpc) is 2.63. The van der Waals surface area contributed by atoms with Crippen molar-refractivity contribution in [1.82, 2.24) is 19.9 Å². The number of fused-ring (bicyclic) bond motifs is 1. The Bertz CT molecular complexity index is 782. The van der Waals surface area contributed by atoms with Crippen LogP contribution in [0.3, 0.4) is 0 Å². The Labute approximate surface area is 135 Å². The molecule has 116 valence electrons. The number of nitrogens with zero attached hydrogens (tertiary/aromatic N) is 5. The summed E-state index contributed by atoms with van der Waals surface area (Å²) in [5.74, 6) is 0.972. The lowest BCUT2D eigenvalue weighted by Gasteiger charge is -2.35. The van der Waals surface area contributed by atoms with Crippen LogP contribution in [0.4, 0.5) is 5.82 Å². The largest absolute Gasteiger partial charge is 0.353 e. The zero-order valence-electron chi connectivity index (χ0n) is 13.0. The quantitative estimate of drug-likeness (QED) is 0.743. The molecular formula is C18H19N5. The van der Waals surface area contributed by atoms with Crippen molar-refractivity contribution in [2.45, 2.75) is 6.54 Å². The Kier molecular flexibility index (Phi) is 3.86. The third-order valence-corrected chi connectivity index (χ3v) is 4.30. The predicted molar refractivity (Wildman–Crippen MR) is 91.3 cm³/mol. The van der Waals surface area contributed by atoms with E-state index in [1.54, 1.807) is 12.4 Å². The molecule has 0 saturated carbocycles. The lowest BCUT2D eigenvalue weighted by molar-refractivity contribution is 0.249. The van der Waals surface area contributed by atoms with Gasteiger partial charge in [-0.2, -0.15) is 0 Å². The highest BCUT2D eigenvalue weighted by atomic mass is 15.3. The van der Waals surface area contributed by atoms with Crippen molar-refractivity contribution in [2.24, 2.45) is 0 Å². The highest BCUT2D eigenvalue weighted by Crippen LogP contribution is 2.16. The van der Waals surface area contributed by atoms with Crippen LogP contribution in [0.5, 0.6) is 0 Å². The number of hydrogen-bond acceptors (Lipinski definition) is 5. The lowest BCUT2D eigenvalue weighted by Crippen LogP contribution is -2.46. The fourth-order valence-corrected chi connectivity index (χ4v) is 3.05. The Morgan fingerprint density at radius 1 is 0.913 bits per heavy atom. The van der Waals surface area contributed by atoms with Crippen molar-refractivity contribution in [2.75, 3.05) is 31.1 Å². The van der Waals surface area contributed by atoms with Crippen LogP contribution in [0.1, 0.15) is 5.56 Å². The van der Waals surface area contributed by atoms with Gasteiger partial charge in [0.05, 0.1) is 11.7 Å². The maximum atomic E-state index is 4.55. The smallest absolute Gasteiger partial charge is 0.147 e. The first-order chi connectivity index (χ1) is 11.4. The molecule has 5 heteroatoms. The number of pyridine rings is 1. The number of piperazine rings is 1. The molecule has 1 aliphatic heterocycles. The van der Waals surface area contributed by atoms with Crippen LogP contribution in [0.25, 0.3) is 10.9 Å². The van der Waals surface area contributed by atoms with Gasteiger partial charge in [-0.05, 0) is 17.7 Å². The minimum Gasteiger partial charge on any atom is -0.353 e. The second-order valence-corrected chi connectivity index (χ2v) is 5.86. The van der Waals surface area contributed by atoms with Gasteiger partial charge in [0, 0.05) is 56.7 Å². The Morgan fingerprint density at radius 2 is 1.78 bits per heavy atom. The summed E-state index contributed by atoms with van der Waals surface area (Å²) < 4.78 is 0. The second kappa shape index (κ2) is 6.30. The zero-order chi connectivity index (χ0) is 15.5. The third kappa shape index (κ3) is 3.14. The maximum Gasteiger partial charge on any atom is 0.147 e. The first-order valence-electron chi connectivity index (χ1n) is 7.95. The summed E-state index contributed by atoms with van der Waals surface area (Å²) in [5, 5.41) is 1.21. The summed E-state index contributed by atoms with van der Waals surface area (Å²) in [6, 6.07) is 10.5. The molecule has 2 aromatic heterocycles. The van der Waals surface area contributed by atoms with Crippen LogP contribution in [-0.4, -0.2) is 46.0 Å². The molecule has 0 aliphatic carbocycles. The number of benzene rings is 1. The third-order valence-electron chi connectivity index (χ3n) is 4.30. The van der Waals surface area contributed by atoms with E-state index in [-0.39, 0.29) is 0 Å². The van der Waals surface area contributed by atoms with Crippen LogP contribution in [0.2, 0.25) is 0 Å². The molecule has 5 nitrogen and oxygen atoms in total. The molecule has 1 saturated heterocycles. The van der Waals surface area contributed by atoms with Gasteiger partial charge in [0.2, 0.25) is 0 Å². The Morgan fingerprint density at radius 3 is 2.61 bits per heavy atom. The minimum absolute atomic E-state index is 0.951. The highest BCUT2D eigenvalue weighted by molar-refractivity contribution is 5.78. The van der Waals surface area contributed by atoms with Crippen LogP contribution < -0.4 is 4.90 Å². The van der Waals surface area contributed by atoms with Crippen LogP contribution in [0.15, 0.2) is 55.1 Å². The highest BCUT2D eigenvalue weighted by Gasteiger charge is 2.18. The summed E-state index contributed by atoms with van der Waals surface area (Å²) >= 11 is 0. The van der Waals surface area contributed by atoms with Gasteiger partial charge >= 0.3 is 0 Å². The molecule has 0 unspecified atom stereocenters. The number of hydrogen-bond donors (Lipinski definition) is 0. The summed E-state index contributed by atoms with van der Waals surface area (Å²) in [6.07, 6.45) is 7.30. The van der Waals surface area contributed by atoms with Gasteiger partial charge in [-0.15, -0.1) is 0 Å². The Hall–Kier alpha value is -2.53. The molecule has 4 rings (SSSR count). The topological polar surface area (TPSA) is 45.2 Å². The molecule has 0 spiro atoms. The summed E-state index contributed by atoms with van der Waals surface area (Å²) in [6.45, 7) is 4.98. The minimum atomic E-state index is 0.951. The standard InChI is InChI=1S/C18H19N5/c1-2-4-17-16(3-1)11-15(12-21-17)14-22-7-9-23(10-8-22)18-13-19-5-6-20-18/h1-6,11-13H,7-10,14H2. The molecule has 1 fully saturated rings. The normalized spacial score (nSPS) is 15.9. The van der Waals surface area contributed by atoms with Gasteiger partial charge in [-0.25, -0.2) is 4.98 Å². The molecule has 1 aromatic carbocycles. The molecule has 1 aliphatic rings. The van der Waals surface area contributed by atoms with E-state index >= 15 is 0 Å². The lowest BCUT2D eigenvalue weighted by atomic mass is 10.1. The second-order valence-electron chi connectivity index (χ2n) is 5.86. The summed E-state index contributed by atoms with van der Waals surface area (Å²) in [4.78, 5) is 17.8. The summed E-state index contributed by atoms with van der Waals surface area (Å²) in [7, 11) is 0.